The Hall–Kier alpha value is -3.13. The van der Waals surface area contributed by atoms with E-state index in [2.05, 4.69) is 5.32 Å². The number of ether oxygens (including phenoxy) is 1. The summed E-state index contributed by atoms with van der Waals surface area (Å²) < 4.78 is 5.30. The summed E-state index contributed by atoms with van der Waals surface area (Å²) in [6, 6.07) is 14.3. The van der Waals surface area contributed by atoms with Gasteiger partial charge >= 0.3 is 5.97 Å². The van der Waals surface area contributed by atoms with Crippen LogP contribution in [0.25, 0.3) is 0 Å². The molecular formula is C21H20N2O3. The van der Waals surface area contributed by atoms with Gasteiger partial charge in [-0.1, -0.05) is 18.2 Å². The molecule has 1 aliphatic rings. The number of carbonyl (C=O) groups is 2. The lowest BCUT2D eigenvalue weighted by Crippen LogP contribution is -2.30. The first-order valence-electron chi connectivity index (χ1n) is 8.71. The lowest BCUT2D eigenvalue weighted by Gasteiger charge is -2.17. The number of hydrogen-bond donors (Lipinski definition) is 1. The number of aryl methyl sites for hydroxylation is 2. The summed E-state index contributed by atoms with van der Waals surface area (Å²) in [4.78, 5) is 24.6. The second-order valence-electron chi connectivity index (χ2n) is 6.38. The zero-order chi connectivity index (χ0) is 18.5. The van der Waals surface area contributed by atoms with Crippen molar-refractivity contribution in [3.05, 3.63) is 64.7 Å². The molecule has 3 rings (SSSR count). The van der Waals surface area contributed by atoms with Gasteiger partial charge in [-0.2, -0.15) is 5.26 Å². The lowest BCUT2D eigenvalue weighted by molar-refractivity contribution is -0.123. The molecule has 1 N–H and O–H groups in total. The van der Waals surface area contributed by atoms with E-state index >= 15 is 0 Å². The van der Waals surface area contributed by atoms with Gasteiger partial charge in [-0.15, -0.1) is 0 Å². The molecule has 1 aliphatic carbocycles. The third-order valence-corrected chi connectivity index (χ3v) is 4.54. The number of anilines is 1. The summed E-state index contributed by atoms with van der Waals surface area (Å²) in [5.74, 6) is -0.992. The molecule has 5 nitrogen and oxygen atoms in total. The van der Waals surface area contributed by atoms with Crippen molar-refractivity contribution in [3.63, 3.8) is 0 Å². The number of hydrogen-bond acceptors (Lipinski definition) is 4. The Kier molecular flexibility index (Phi) is 5.33. The Morgan fingerprint density at radius 3 is 2.62 bits per heavy atom. The van der Waals surface area contributed by atoms with Gasteiger partial charge in [-0.3, -0.25) is 4.79 Å². The Bertz CT molecular complexity index is 883. The zero-order valence-corrected chi connectivity index (χ0v) is 14.6. The Labute approximate surface area is 152 Å². The van der Waals surface area contributed by atoms with Crippen LogP contribution in [-0.4, -0.2) is 18.0 Å². The van der Waals surface area contributed by atoms with Gasteiger partial charge in [0.25, 0.3) is 5.91 Å². The van der Waals surface area contributed by atoms with Crippen molar-refractivity contribution in [2.75, 3.05) is 5.32 Å². The maximum absolute atomic E-state index is 12.4. The summed E-state index contributed by atoms with van der Waals surface area (Å²) >= 11 is 0. The quantitative estimate of drug-likeness (QED) is 0.856. The number of nitrogens with zero attached hydrogens (tertiary/aromatic N) is 1. The molecule has 0 aromatic heterocycles. The van der Waals surface area contributed by atoms with E-state index in [1.807, 2.05) is 18.2 Å². The van der Waals surface area contributed by atoms with Crippen LogP contribution in [0, 0.1) is 11.3 Å². The number of nitriles is 1. The fourth-order valence-electron chi connectivity index (χ4n) is 3.07. The smallest absolute Gasteiger partial charge is 0.338 e. The molecule has 1 atom stereocenters. The summed E-state index contributed by atoms with van der Waals surface area (Å²) in [5, 5.41) is 11.7. The molecule has 0 unspecified atom stereocenters. The second-order valence-corrected chi connectivity index (χ2v) is 6.38. The van der Waals surface area contributed by atoms with Crippen LogP contribution in [0.3, 0.4) is 0 Å². The van der Waals surface area contributed by atoms with E-state index in [1.54, 1.807) is 30.3 Å². The average Bonchev–Trinajstić information content (AvgIpc) is 2.67. The minimum Gasteiger partial charge on any atom is -0.449 e. The molecule has 0 saturated carbocycles. The molecule has 5 heteroatoms. The van der Waals surface area contributed by atoms with Crippen molar-refractivity contribution < 1.29 is 14.3 Å². The van der Waals surface area contributed by atoms with Gasteiger partial charge < -0.3 is 10.1 Å². The number of esters is 1. The van der Waals surface area contributed by atoms with Gasteiger partial charge in [0.05, 0.1) is 16.8 Å². The fourth-order valence-corrected chi connectivity index (χ4v) is 3.07. The zero-order valence-electron chi connectivity index (χ0n) is 14.6. The van der Waals surface area contributed by atoms with Crippen molar-refractivity contribution in [1.82, 2.24) is 0 Å². The standard InChI is InChI=1S/C21H20N2O3/c1-14(20(24)23-19-9-5-4-8-18(19)13-22)26-21(25)17-11-10-15-6-2-3-7-16(15)12-17/h4-5,8-12,14H,2-3,6-7H2,1H3,(H,23,24)/t14-/m1/s1. The lowest BCUT2D eigenvalue weighted by atomic mass is 9.90. The topological polar surface area (TPSA) is 79.2 Å². The first kappa shape index (κ1) is 17.7. The number of fused-ring (bicyclic) bond motifs is 1. The van der Waals surface area contributed by atoms with Crippen molar-refractivity contribution >= 4 is 17.6 Å². The predicted molar refractivity (Wildman–Crippen MR) is 97.7 cm³/mol. The molecule has 0 bridgehead atoms. The monoisotopic (exact) mass is 348 g/mol. The van der Waals surface area contributed by atoms with Crippen molar-refractivity contribution in [1.29, 1.82) is 5.26 Å². The van der Waals surface area contributed by atoms with Gasteiger partial charge in [0, 0.05) is 0 Å². The highest BCUT2D eigenvalue weighted by atomic mass is 16.5. The van der Waals surface area contributed by atoms with Crippen molar-refractivity contribution in [2.24, 2.45) is 0 Å². The average molecular weight is 348 g/mol. The van der Waals surface area contributed by atoms with E-state index in [0.717, 1.165) is 19.3 Å². The SMILES string of the molecule is C[C@@H](OC(=O)c1ccc2c(c1)CCCC2)C(=O)Nc1ccccc1C#N. The van der Waals surface area contributed by atoms with Crippen LogP contribution in [0.4, 0.5) is 5.69 Å². The summed E-state index contributed by atoms with van der Waals surface area (Å²) in [6.07, 6.45) is 3.35. The number of benzene rings is 2. The van der Waals surface area contributed by atoms with Crippen LogP contribution < -0.4 is 5.32 Å². The first-order chi connectivity index (χ1) is 12.6. The van der Waals surface area contributed by atoms with Crippen molar-refractivity contribution in [2.45, 2.75) is 38.7 Å². The molecule has 132 valence electrons. The van der Waals surface area contributed by atoms with Crippen LogP contribution in [-0.2, 0) is 22.4 Å². The number of carbonyl (C=O) groups excluding carboxylic acids is 2. The van der Waals surface area contributed by atoms with E-state index < -0.39 is 18.0 Å². The molecule has 2 aromatic carbocycles. The van der Waals surface area contributed by atoms with E-state index in [9.17, 15) is 9.59 Å². The van der Waals surface area contributed by atoms with E-state index in [-0.39, 0.29) is 0 Å². The van der Waals surface area contributed by atoms with Crippen LogP contribution in [0.2, 0.25) is 0 Å². The Balaban J connectivity index is 1.65. The number of amides is 1. The van der Waals surface area contributed by atoms with Crippen LogP contribution in [0.1, 0.15) is 46.8 Å². The minimum atomic E-state index is -0.967. The molecule has 0 heterocycles. The molecule has 0 radical (unpaired) electrons. The first-order valence-corrected chi connectivity index (χ1v) is 8.71. The van der Waals surface area contributed by atoms with Gasteiger partial charge in [-0.25, -0.2) is 4.79 Å². The highest BCUT2D eigenvalue weighted by Crippen LogP contribution is 2.23. The van der Waals surface area contributed by atoms with Crippen LogP contribution in [0.5, 0.6) is 0 Å². The van der Waals surface area contributed by atoms with E-state index in [4.69, 9.17) is 10.00 Å². The third-order valence-electron chi connectivity index (χ3n) is 4.54. The number of nitrogens with one attached hydrogen (secondary N) is 1. The largest absolute Gasteiger partial charge is 0.449 e. The Morgan fingerprint density at radius 1 is 1.12 bits per heavy atom. The third kappa shape index (κ3) is 3.92. The van der Waals surface area contributed by atoms with Gasteiger partial charge in [0.15, 0.2) is 6.10 Å². The van der Waals surface area contributed by atoms with E-state index in [1.165, 1.54) is 24.5 Å². The molecule has 2 aromatic rings. The van der Waals surface area contributed by atoms with Gasteiger partial charge in [0.1, 0.15) is 6.07 Å². The predicted octanol–water partition coefficient (Wildman–Crippen LogP) is 3.62. The highest BCUT2D eigenvalue weighted by molar-refractivity contribution is 5.98. The molecule has 0 aliphatic heterocycles. The molecule has 0 fully saturated rings. The maximum atomic E-state index is 12.4. The Morgan fingerprint density at radius 2 is 1.85 bits per heavy atom. The normalized spacial score (nSPS) is 13.8. The van der Waals surface area contributed by atoms with E-state index in [0.29, 0.717) is 16.8 Å². The summed E-state index contributed by atoms with van der Waals surface area (Å²) in [5.41, 5.74) is 3.69. The van der Waals surface area contributed by atoms with Gasteiger partial charge in [0.2, 0.25) is 0 Å². The minimum absolute atomic E-state index is 0.356. The van der Waals surface area contributed by atoms with Gasteiger partial charge in [-0.05, 0) is 68.0 Å². The summed E-state index contributed by atoms with van der Waals surface area (Å²) in [6.45, 7) is 1.51. The van der Waals surface area contributed by atoms with Crippen LogP contribution >= 0.6 is 0 Å². The summed E-state index contributed by atoms with van der Waals surface area (Å²) in [7, 11) is 0. The van der Waals surface area contributed by atoms with Crippen LogP contribution in [0.15, 0.2) is 42.5 Å². The maximum Gasteiger partial charge on any atom is 0.338 e. The molecule has 1 amide bonds. The molecule has 26 heavy (non-hydrogen) atoms. The molecule has 0 spiro atoms. The number of para-hydroxylation sites is 1. The second kappa shape index (κ2) is 7.83. The fraction of sp³-hybridized carbons (Fsp3) is 0.286. The number of rotatable bonds is 4. The molecule has 0 saturated heterocycles. The van der Waals surface area contributed by atoms with Crippen molar-refractivity contribution in [3.8, 4) is 6.07 Å². The molecular weight excluding hydrogens is 328 g/mol. The highest BCUT2D eigenvalue weighted by Gasteiger charge is 2.21.